The number of benzene rings is 1. The Morgan fingerprint density at radius 3 is 2.83 bits per heavy atom. The first kappa shape index (κ1) is 21.4. The van der Waals surface area contributed by atoms with Gasteiger partial charge in [-0.25, -0.2) is 4.99 Å². The zero-order valence-electron chi connectivity index (χ0n) is 17.5. The summed E-state index contributed by atoms with van der Waals surface area (Å²) in [5.41, 5.74) is 2.83. The molecule has 4 rings (SSSR count). The van der Waals surface area contributed by atoms with E-state index in [1.54, 1.807) is 17.6 Å². The van der Waals surface area contributed by atoms with Crippen LogP contribution in [-0.2, 0) is 12.8 Å². The van der Waals surface area contributed by atoms with Crippen LogP contribution in [0.1, 0.15) is 78.2 Å². The molecule has 0 radical (unpaired) electrons. The summed E-state index contributed by atoms with van der Waals surface area (Å²) in [6.45, 7) is 2.53. The third-order valence-electron chi connectivity index (χ3n) is 5.91. The van der Waals surface area contributed by atoms with Crippen molar-refractivity contribution in [3.05, 3.63) is 44.8 Å². The molecule has 1 fully saturated rings. The van der Waals surface area contributed by atoms with Crippen molar-refractivity contribution in [3.8, 4) is 5.75 Å². The van der Waals surface area contributed by atoms with Gasteiger partial charge in [-0.15, -0.1) is 11.3 Å². The Kier molecular flexibility index (Phi) is 7.11. The Morgan fingerprint density at radius 2 is 2.03 bits per heavy atom. The van der Waals surface area contributed by atoms with E-state index in [0.29, 0.717) is 17.7 Å². The minimum absolute atomic E-state index is 0.0459. The highest BCUT2D eigenvalue weighted by Gasteiger charge is 2.27. The van der Waals surface area contributed by atoms with E-state index in [9.17, 15) is 4.79 Å². The van der Waals surface area contributed by atoms with Gasteiger partial charge in [0.05, 0.1) is 12.2 Å². The second-order valence-corrected chi connectivity index (χ2v) is 9.59. The van der Waals surface area contributed by atoms with Gasteiger partial charge in [0, 0.05) is 27.7 Å². The summed E-state index contributed by atoms with van der Waals surface area (Å²) >= 11 is 7.86. The molecular weight excluding hydrogens is 416 g/mol. The van der Waals surface area contributed by atoms with Gasteiger partial charge in [-0.2, -0.15) is 0 Å². The van der Waals surface area contributed by atoms with Gasteiger partial charge in [-0.1, -0.05) is 30.9 Å². The number of aliphatic imine (C=N–C) groups is 1. The van der Waals surface area contributed by atoms with E-state index in [4.69, 9.17) is 21.3 Å². The van der Waals surface area contributed by atoms with Crippen molar-refractivity contribution in [2.24, 2.45) is 4.99 Å². The van der Waals surface area contributed by atoms with Gasteiger partial charge in [-0.05, 0) is 69.2 Å². The fourth-order valence-corrected chi connectivity index (χ4v) is 5.83. The molecule has 2 aromatic rings. The van der Waals surface area contributed by atoms with Crippen molar-refractivity contribution in [1.82, 2.24) is 5.32 Å². The number of amides is 1. The Morgan fingerprint density at radius 1 is 1.23 bits per heavy atom. The first-order valence-electron chi connectivity index (χ1n) is 11.1. The average molecular weight is 445 g/mol. The van der Waals surface area contributed by atoms with E-state index in [0.717, 1.165) is 54.0 Å². The van der Waals surface area contributed by atoms with Crippen LogP contribution in [-0.4, -0.2) is 24.8 Å². The summed E-state index contributed by atoms with van der Waals surface area (Å²) in [5.74, 6) is 0.796. The first-order valence-corrected chi connectivity index (χ1v) is 12.3. The Balaban J connectivity index is 1.64. The lowest BCUT2D eigenvalue weighted by Gasteiger charge is -2.23. The van der Waals surface area contributed by atoms with Gasteiger partial charge >= 0.3 is 0 Å². The smallest absolute Gasteiger partial charge is 0.254 e. The van der Waals surface area contributed by atoms with Crippen LogP contribution in [0.15, 0.2) is 23.2 Å². The Labute approximate surface area is 187 Å². The number of fused-ring (bicyclic) bond motifs is 1. The Bertz CT molecular complexity index is 932. The molecule has 0 spiro atoms. The molecule has 2 aliphatic carbocycles. The molecule has 1 aromatic heterocycles. The molecule has 0 aliphatic heterocycles. The monoisotopic (exact) mass is 444 g/mol. The fourth-order valence-electron chi connectivity index (χ4n) is 4.42. The Hall–Kier alpha value is -1.85. The topological polar surface area (TPSA) is 50.7 Å². The van der Waals surface area contributed by atoms with Crippen LogP contribution in [0.2, 0.25) is 5.02 Å². The number of ether oxygens (including phenoxy) is 1. The molecule has 160 valence electrons. The van der Waals surface area contributed by atoms with Crippen molar-refractivity contribution in [3.63, 3.8) is 0 Å². The number of hydrogen-bond acceptors (Lipinski definition) is 4. The quantitative estimate of drug-likeness (QED) is 0.517. The first-order chi connectivity index (χ1) is 14.7. The lowest BCUT2D eigenvalue weighted by molar-refractivity contribution is 0.0927. The van der Waals surface area contributed by atoms with E-state index < -0.39 is 0 Å². The summed E-state index contributed by atoms with van der Waals surface area (Å²) < 4.78 is 5.71. The molecule has 0 bridgehead atoms. The standard InChI is InChI=1S/C24H29ClN2O2S/c1-2-29-20-13-12-17(25)14-16(20)15-26-24-22(19-10-6-7-11-21(19)30-24)23(28)27-18-8-4-3-5-9-18/h12-15,18H,2-11H2,1H3,(H,27,28)/b26-15+. The van der Waals surface area contributed by atoms with Gasteiger partial charge in [0.25, 0.3) is 5.91 Å². The highest BCUT2D eigenvalue weighted by Crippen LogP contribution is 2.40. The van der Waals surface area contributed by atoms with E-state index in [1.807, 2.05) is 25.1 Å². The molecule has 0 atom stereocenters. The van der Waals surface area contributed by atoms with Crippen molar-refractivity contribution in [2.45, 2.75) is 70.8 Å². The SMILES string of the molecule is CCOc1ccc(Cl)cc1/C=N/c1sc2c(c1C(=O)NC1CCCCC1)CCCC2. The number of thiophene rings is 1. The maximum absolute atomic E-state index is 13.3. The maximum atomic E-state index is 13.3. The summed E-state index contributed by atoms with van der Waals surface area (Å²) in [6.07, 6.45) is 12.0. The maximum Gasteiger partial charge on any atom is 0.254 e. The van der Waals surface area contributed by atoms with Crippen LogP contribution in [0.5, 0.6) is 5.75 Å². The number of nitrogens with one attached hydrogen (secondary N) is 1. The minimum atomic E-state index is 0.0459. The highest BCUT2D eigenvalue weighted by atomic mass is 35.5. The highest BCUT2D eigenvalue weighted by molar-refractivity contribution is 7.16. The molecule has 30 heavy (non-hydrogen) atoms. The van der Waals surface area contributed by atoms with Crippen molar-refractivity contribution in [2.75, 3.05) is 6.61 Å². The van der Waals surface area contributed by atoms with Gasteiger partial charge < -0.3 is 10.1 Å². The lowest BCUT2D eigenvalue weighted by atomic mass is 9.93. The second kappa shape index (κ2) is 9.97. The van der Waals surface area contributed by atoms with E-state index in [2.05, 4.69) is 5.32 Å². The van der Waals surface area contributed by atoms with Crippen LogP contribution in [0, 0.1) is 0 Å². The third-order valence-corrected chi connectivity index (χ3v) is 7.35. The molecule has 1 aromatic carbocycles. The van der Waals surface area contributed by atoms with Crippen molar-refractivity contribution < 1.29 is 9.53 Å². The summed E-state index contributed by atoms with van der Waals surface area (Å²) in [5, 5.41) is 4.74. The number of aryl methyl sites for hydroxylation is 1. The fraction of sp³-hybridized carbons (Fsp3) is 0.500. The second-order valence-electron chi connectivity index (χ2n) is 8.07. The molecular formula is C24H29ClN2O2S. The van der Waals surface area contributed by atoms with E-state index in [-0.39, 0.29) is 5.91 Å². The molecule has 0 saturated heterocycles. The van der Waals surface area contributed by atoms with Crippen molar-refractivity contribution in [1.29, 1.82) is 0 Å². The zero-order valence-corrected chi connectivity index (χ0v) is 19.1. The zero-order chi connectivity index (χ0) is 20.9. The summed E-state index contributed by atoms with van der Waals surface area (Å²) in [4.78, 5) is 19.4. The van der Waals surface area contributed by atoms with Gasteiger partial charge in [0.2, 0.25) is 0 Å². The van der Waals surface area contributed by atoms with E-state index >= 15 is 0 Å². The number of nitrogens with zero attached hydrogens (tertiary/aromatic N) is 1. The molecule has 1 N–H and O–H groups in total. The van der Waals surface area contributed by atoms with E-state index in [1.165, 1.54) is 36.1 Å². The molecule has 1 amide bonds. The predicted octanol–water partition coefficient (Wildman–Crippen LogP) is 6.49. The number of carbonyl (C=O) groups excluding carboxylic acids is 1. The predicted molar refractivity (Wildman–Crippen MR) is 125 cm³/mol. The van der Waals surface area contributed by atoms with Gasteiger partial charge in [-0.3, -0.25) is 4.79 Å². The average Bonchev–Trinajstić information content (AvgIpc) is 3.13. The molecule has 4 nitrogen and oxygen atoms in total. The summed E-state index contributed by atoms with van der Waals surface area (Å²) in [7, 11) is 0. The molecule has 2 aliphatic rings. The summed E-state index contributed by atoms with van der Waals surface area (Å²) in [6, 6.07) is 5.82. The molecule has 1 heterocycles. The van der Waals surface area contributed by atoms with Crippen LogP contribution in [0.3, 0.4) is 0 Å². The molecule has 6 heteroatoms. The van der Waals surface area contributed by atoms with Crippen LogP contribution in [0.4, 0.5) is 5.00 Å². The van der Waals surface area contributed by atoms with Gasteiger partial charge in [0.1, 0.15) is 10.8 Å². The normalized spacial score (nSPS) is 17.1. The van der Waals surface area contributed by atoms with Crippen LogP contribution < -0.4 is 10.1 Å². The van der Waals surface area contributed by atoms with Crippen LogP contribution in [0.25, 0.3) is 0 Å². The number of halogens is 1. The number of hydrogen-bond donors (Lipinski definition) is 1. The number of rotatable bonds is 6. The minimum Gasteiger partial charge on any atom is -0.493 e. The van der Waals surface area contributed by atoms with Crippen LogP contribution >= 0.6 is 22.9 Å². The third kappa shape index (κ3) is 4.89. The largest absolute Gasteiger partial charge is 0.493 e. The van der Waals surface area contributed by atoms with Gasteiger partial charge in [0.15, 0.2) is 0 Å². The molecule has 1 saturated carbocycles. The van der Waals surface area contributed by atoms with Crippen molar-refractivity contribution >= 4 is 40.1 Å². The number of carbonyl (C=O) groups is 1. The molecule has 0 unspecified atom stereocenters. The lowest BCUT2D eigenvalue weighted by Crippen LogP contribution is -2.36.